The molecule has 0 aliphatic heterocycles. The molecule has 1 amide bonds. The summed E-state index contributed by atoms with van der Waals surface area (Å²) in [5, 5.41) is 5.19. The lowest BCUT2D eigenvalue weighted by Gasteiger charge is -2.04. The standard InChI is InChI=1S/C24H18N2O3S/c1-29-20-9-5-8-19(14-20)21-15-30-24(25-21)26-23(28)18-12-10-17(11-13-18)22(27)16-6-3-2-4-7-16/h2-15H,1H3,(H,25,26,28). The van der Waals surface area contributed by atoms with Crippen molar-refractivity contribution in [3.05, 3.63) is 101 Å². The number of nitrogens with zero attached hydrogens (tertiary/aromatic N) is 1. The highest BCUT2D eigenvalue weighted by Crippen LogP contribution is 2.27. The van der Waals surface area contributed by atoms with E-state index in [1.807, 2.05) is 47.8 Å². The predicted octanol–water partition coefficient (Wildman–Crippen LogP) is 5.30. The molecule has 6 heteroatoms. The van der Waals surface area contributed by atoms with Gasteiger partial charge in [0.25, 0.3) is 5.91 Å². The zero-order valence-corrected chi connectivity index (χ0v) is 17.0. The molecule has 3 aromatic carbocycles. The second-order valence-corrected chi connectivity index (χ2v) is 7.35. The molecule has 0 saturated carbocycles. The summed E-state index contributed by atoms with van der Waals surface area (Å²) in [6.07, 6.45) is 0. The Labute approximate surface area is 178 Å². The third kappa shape index (κ3) is 4.29. The van der Waals surface area contributed by atoms with Crippen LogP contribution in [0.2, 0.25) is 0 Å². The van der Waals surface area contributed by atoms with E-state index in [0.29, 0.717) is 21.8 Å². The first-order valence-corrected chi connectivity index (χ1v) is 10.1. The first-order valence-electron chi connectivity index (χ1n) is 9.25. The number of hydrogen-bond donors (Lipinski definition) is 1. The van der Waals surface area contributed by atoms with Gasteiger partial charge in [-0.25, -0.2) is 4.98 Å². The normalized spacial score (nSPS) is 10.4. The van der Waals surface area contributed by atoms with Gasteiger partial charge in [0, 0.05) is 27.6 Å². The van der Waals surface area contributed by atoms with Crippen LogP contribution in [0.15, 0.2) is 84.2 Å². The molecule has 1 aromatic heterocycles. The minimum absolute atomic E-state index is 0.0783. The maximum atomic E-state index is 12.6. The van der Waals surface area contributed by atoms with E-state index in [2.05, 4.69) is 10.3 Å². The molecule has 0 unspecified atom stereocenters. The Balaban J connectivity index is 1.45. The number of benzene rings is 3. The van der Waals surface area contributed by atoms with Gasteiger partial charge in [-0.3, -0.25) is 14.9 Å². The molecule has 4 rings (SSSR count). The molecule has 5 nitrogen and oxygen atoms in total. The fraction of sp³-hybridized carbons (Fsp3) is 0.0417. The van der Waals surface area contributed by atoms with Gasteiger partial charge in [-0.1, -0.05) is 54.6 Å². The molecule has 0 aliphatic carbocycles. The number of thiazole rings is 1. The Morgan fingerprint density at radius 3 is 2.30 bits per heavy atom. The van der Waals surface area contributed by atoms with E-state index in [1.165, 1.54) is 11.3 Å². The Bertz CT molecular complexity index is 1180. The van der Waals surface area contributed by atoms with Crippen LogP contribution in [0.25, 0.3) is 11.3 Å². The summed E-state index contributed by atoms with van der Waals surface area (Å²) in [4.78, 5) is 29.5. The molecular formula is C24H18N2O3S. The van der Waals surface area contributed by atoms with Gasteiger partial charge in [0.15, 0.2) is 10.9 Å². The molecule has 0 bridgehead atoms. The lowest BCUT2D eigenvalue weighted by Crippen LogP contribution is -2.12. The van der Waals surface area contributed by atoms with Crippen LogP contribution in [0, 0.1) is 0 Å². The van der Waals surface area contributed by atoms with Gasteiger partial charge < -0.3 is 4.74 Å². The fourth-order valence-electron chi connectivity index (χ4n) is 2.94. The van der Waals surface area contributed by atoms with Crippen molar-refractivity contribution in [2.45, 2.75) is 0 Å². The second-order valence-electron chi connectivity index (χ2n) is 6.50. The SMILES string of the molecule is COc1cccc(-c2csc(NC(=O)c3ccc(C(=O)c4ccccc4)cc3)n2)c1. The monoisotopic (exact) mass is 414 g/mol. The van der Waals surface area contributed by atoms with E-state index in [-0.39, 0.29) is 11.7 Å². The van der Waals surface area contributed by atoms with Crippen molar-refractivity contribution in [3.8, 4) is 17.0 Å². The molecule has 0 radical (unpaired) electrons. The highest BCUT2D eigenvalue weighted by molar-refractivity contribution is 7.14. The predicted molar refractivity (Wildman–Crippen MR) is 118 cm³/mol. The molecule has 0 aliphatic rings. The van der Waals surface area contributed by atoms with Crippen LogP contribution in [0.1, 0.15) is 26.3 Å². The van der Waals surface area contributed by atoms with Gasteiger partial charge in [0.2, 0.25) is 0 Å². The smallest absolute Gasteiger partial charge is 0.257 e. The van der Waals surface area contributed by atoms with Crippen LogP contribution < -0.4 is 10.1 Å². The average molecular weight is 414 g/mol. The Hall–Kier alpha value is -3.77. The number of ketones is 1. The molecule has 0 spiro atoms. The molecule has 0 saturated heterocycles. The second kappa shape index (κ2) is 8.71. The topological polar surface area (TPSA) is 68.3 Å². The third-order valence-electron chi connectivity index (χ3n) is 4.54. The van der Waals surface area contributed by atoms with Crippen molar-refractivity contribution < 1.29 is 14.3 Å². The highest BCUT2D eigenvalue weighted by Gasteiger charge is 2.13. The van der Waals surface area contributed by atoms with Crippen LogP contribution in [0.5, 0.6) is 5.75 Å². The minimum atomic E-state index is -0.278. The zero-order chi connectivity index (χ0) is 20.9. The van der Waals surface area contributed by atoms with Crippen molar-refractivity contribution in [2.24, 2.45) is 0 Å². The van der Waals surface area contributed by atoms with Crippen LogP contribution in [0.3, 0.4) is 0 Å². The lowest BCUT2D eigenvalue weighted by atomic mass is 10.0. The first kappa shape index (κ1) is 19.5. The summed E-state index contributed by atoms with van der Waals surface area (Å²) in [6, 6.07) is 23.2. The Kier molecular flexibility index (Phi) is 5.68. The average Bonchev–Trinajstić information content (AvgIpc) is 3.28. The quantitative estimate of drug-likeness (QED) is 0.435. The number of carbonyl (C=O) groups is 2. The number of anilines is 1. The van der Waals surface area contributed by atoms with Gasteiger partial charge in [0.1, 0.15) is 5.75 Å². The molecule has 30 heavy (non-hydrogen) atoms. The number of ether oxygens (including phenoxy) is 1. The van der Waals surface area contributed by atoms with Crippen molar-refractivity contribution >= 4 is 28.2 Å². The van der Waals surface area contributed by atoms with Crippen LogP contribution in [-0.2, 0) is 0 Å². The van der Waals surface area contributed by atoms with E-state index < -0.39 is 0 Å². The highest BCUT2D eigenvalue weighted by atomic mass is 32.1. The number of aromatic nitrogens is 1. The van der Waals surface area contributed by atoms with E-state index in [9.17, 15) is 9.59 Å². The molecule has 148 valence electrons. The largest absolute Gasteiger partial charge is 0.497 e. The summed E-state index contributed by atoms with van der Waals surface area (Å²) in [5.41, 5.74) is 3.28. The summed E-state index contributed by atoms with van der Waals surface area (Å²) >= 11 is 1.35. The fourth-order valence-corrected chi connectivity index (χ4v) is 3.66. The lowest BCUT2D eigenvalue weighted by molar-refractivity contribution is 0.102. The minimum Gasteiger partial charge on any atom is -0.497 e. The van der Waals surface area contributed by atoms with E-state index in [1.54, 1.807) is 43.5 Å². The number of amides is 1. The number of methoxy groups -OCH3 is 1. The van der Waals surface area contributed by atoms with Crippen LogP contribution in [0.4, 0.5) is 5.13 Å². The number of nitrogens with one attached hydrogen (secondary N) is 1. The van der Waals surface area contributed by atoms with Gasteiger partial charge in [-0.05, 0) is 24.3 Å². The zero-order valence-electron chi connectivity index (χ0n) is 16.2. The molecule has 4 aromatic rings. The Morgan fingerprint density at radius 1 is 0.867 bits per heavy atom. The van der Waals surface area contributed by atoms with Crippen molar-refractivity contribution in [2.75, 3.05) is 12.4 Å². The number of rotatable bonds is 6. The molecule has 0 atom stereocenters. The van der Waals surface area contributed by atoms with Crippen LogP contribution >= 0.6 is 11.3 Å². The van der Waals surface area contributed by atoms with Crippen molar-refractivity contribution in [1.82, 2.24) is 4.98 Å². The van der Waals surface area contributed by atoms with Crippen molar-refractivity contribution in [3.63, 3.8) is 0 Å². The van der Waals surface area contributed by atoms with E-state index >= 15 is 0 Å². The van der Waals surface area contributed by atoms with Gasteiger partial charge in [0.05, 0.1) is 12.8 Å². The summed E-state index contributed by atoms with van der Waals surface area (Å²) in [6.45, 7) is 0. The number of hydrogen-bond acceptors (Lipinski definition) is 5. The molecular weight excluding hydrogens is 396 g/mol. The maximum Gasteiger partial charge on any atom is 0.257 e. The van der Waals surface area contributed by atoms with Crippen LogP contribution in [-0.4, -0.2) is 23.8 Å². The summed E-state index contributed by atoms with van der Waals surface area (Å²) in [5.74, 6) is 0.391. The number of carbonyl (C=O) groups excluding carboxylic acids is 2. The van der Waals surface area contributed by atoms with Gasteiger partial charge in [-0.15, -0.1) is 11.3 Å². The first-order chi connectivity index (χ1) is 14.6. The van der Waals surface area contributed by atoms with E-state index in [0.717, 1.165) is 17.0 Å². The van der Waals surface area contributed by atoms with Gasteiger partial charge in [-0.2, -0.15) is 0 Å². The molecule has 1 N–H and O–H groups in total. The summed E-state index contributed by atoms with van der Waals surface area (Å²) in [7, 11) is 1.62. The van der Waals surface area contributed by atoms with E-state index in [4.69, 9.17) is 4.74 Å². The molecule has 1 heterocycles. The summed E-state index contributed by atoms with van der Waals surface area (Å²) < 4.78 is 5.24. The van der Waals surface area contributed by atoms with Gasteiger partial charge >= 0.3 is 0 Å². The van der Waals surface area contributed by atoms with Crippen molar-refractivity contribution in [1.29, 1.82) is 0 Å². The third-order valence-corrected chi connectivity index (χ3v) is 5.29. The maximum absolute atomic E-state index is 12.6. The Morgan fingerprint density at radius 2 is 1.57 bits per heavy atom. The molecule has 0 fully saturated rings.